The van der Waals surface area contributed by atoms with Crippen LogP contribution in [0.4, 0.5) is 0 Å². The SMILES string of the molecule is C=CCNC(=O)C(C)NCC(C)(O)CN(C)C. The molecule has 5 heteroatoms. The molecule has 0 aliphatic heterocycles. The summed E-state index contributed by atoms with van der Waals surface area (Å²) in [6.45, 7) is 8.41. The van der Waals surface area contributed by atoms with Crippen molar-refractivity contribution in [3.05, 3.63) is 12.7 Å². The number of nitrogens with one attached hydrogen (secondary N) is 2. The molecule has 17 heavy (non-hydrogen) atoms. The van der Waals surface area contributed by atoms with E-state index >= 15 is 0 Å². The standard InChI is InChI=1S/C12H25N3O2/c1-6-7-13-11(16)10(2)14-8-12(3,17)9-15(4)5/h6,10,14,17H,1,7-9H2,2-5H3,(H,13,16). The van der Waals surface area contributed by atoms with Gasteiger partial charge in [0.05, 0.1) is 11.6 Å². The predicted octanol–water partition coefficient (Wildman–Crippen LogP) is -0.421. The maximum absolute atomic E-state index is 11.5. The van der Waals surface area contributed by atoms with E-state index in [0.29, 0.717) is 19.6 Å². The molecule has 100 valence electrons. The summed E-state index contributed by atoms with van der Waals surface area (Å²) >= 11 is 0. The van der Waals surface area contributed by atoms with Gasteiger partial charge >= 0.3 is 0 Å². The minimum absolute atomic E-state index is 0.0921. The number of amides is 1. The summed E-state index contributed by atoms with van der Waals surface area (Å²) in [5.74, 6) is -0.0921. The Hall–Kier alpha value is -0.910. The van der Waals surface area contributed by atoms with Gasteiger partial charge in [-0.25, -0.2) is 0 Å². The summed E-state index contributed by atoms with van der Waals surface area (Å²) in [6.07, 6.45) is 1.63. The van der Waals surface area contributed by atoms with E-state index in [4.69, 9.17) is 0 Å². The number of likely N-dealkylation sites (N-methyl/N-ethyl adjacent to an activating group) is 1. The van der Waals surface area contributed by atoms with Gasteiger partial charge in [0.15, 0.2) is 0 Å². The summed E-state index contributed by atoms with van der Waals surface area (Å²) in [4.78, 5) is 13.4. The van der Waals surface area contributed by atoms with Gasteiger partial charge in [-0.3, -0.25) is 4.79 Å². The quantitative estimate of drug-likeness (QED) is 0.507. The minimum atomic E-state index is -0.851. The maximum atomic E-state index is 11.5. The molecule has 0 saturated heterocycles. The van der Waals surface area contributed by atoms with Crippen LogP contribution in [0.15, 0.2) is 12.7 Å². The van der Waals surface area contributed by atoms with Crippen LogP contribution in [0.2, 0.25) is 0 Å². The van der Waals surface area contributed by atoms with Gasteiger partial charge in [-0.15, -0.1) is 6.58 Å². The van der Waals surface area contributed by atoms with Crippen molar-refractivity contribution in [3.63, 3.8) is 0 Å². The lowest BCUT2D eigenvalue weighted by Gasteiger charge is -2.28. The third-order valence-electron chi connectivity index (χ3n) is 2.26. The number of hydrogen-bond donors (Lipinski definition) is 3. The first-order valence-corrected chi connectivity index (χ1v) is 5.77. The second kappa shape index (κ2) is 7.42. The van der Waals surface area contributed by atoms with Gasteiger partial charge in [0.2, 0.25) is 5.91 Å². The van der Waals surface area contributed by atoms with Crippen LogP contribution in [0.1, 0.15) is 13.8 Å². The van der Waals surface area contributed by atoms with Crippen LogP contribution >= 0.6 is 0 Å². The average Bonchev–Trinajstić information content (AvgIpc) is 2.20. The highest BCUT2D eigenvalue weighted by atomic mass is 16.3. The highest BCUT2D eigenvalue weighted by molar-refractivity contribution is 5.81. The van der Waals surface area contributed by atoms with Crippen molar-refractivity contribution >= 4 is 5.91 Å². The molecule has 0 aromatic heterocycles. The largest absolute Gasteiger partial charge is 0.388 e. The van der Waals surface area contributed by atoms with E-state index in [0.717, 1.165) is 0 Å². The summed E-state index contributed by atoms with van der Waals surface area (Å²) in [5.41, 5.74) is -0.851. The molecule has 3 N–H and O–H groups in total. The smallest absolute Gasteiger partial charge is 0.237 e. The number of carbonyl (C=O) groups is 1. The average molecular weight is 243 g/mol. The topological polar surface area (TPSA) is 64.6 Å². The number of aliphatic hydroxyl groups is 1. The van der Waals surface area contributed by atoms with Crippen molar-refractivity contribution in [2.45, 2.75) is 25.5 Å². The lowest BCUT2D eigenvalue weighted by Crippen LogP contribution is -2.51. The van der Waals surface area contributed by atoms with Crippen LogP contribution in [-0.2, 0) is 4.79 Å². The molecule has 0 heterocycles. The molecule has 0 aromatic rings. The van der Waals surface area contributed by atoms with Crippen LogP contribution in [0.5, 0.6) is 0 Å². The number of nitrogens with zero attached hydrogens (tertiary/aromatic N) is 1. The Balaban J connectivity index is 4.00. The fraction of sp³-hybridized carbons (Fsp3) is 0.750. The molecule has 1 amide bonds. The molecule has 0 aliphatic carbocycles. The molecule has 0 radical (unpaired) electrons. The van der Waals surface area contributed by atoms with E-state index in [9.17, 15) is 9.90 Å². The summed E-state index contributed by atoms with van der Waals surface area (Å²) in [5, 5.41) is 15.8. The van der Waals surface area contributed by atoms with Crippen LogP contribution < -0.4 is 10.6 Å². The molecule has 0 fully saturated rings. The number of carbonyl (C=O) groups excluding carboxylic acids is 1. The van der Waals surface area contributed by atoms with Crippen molar-refractivity contribution in [2.75, 3.05) is 33.7 Å². The Morgan fingerprint density at radius 1 is 1.59 bits per heavy atom. The number of rotatable bonds is 8. The van der Waals surface area contributed by atoms with Gasteiger partial charge in [0, 0.05) is 19.6 Å². The third-order valence-corrected chi connectivity index (χ3v) is 2.26. The molecule has 0 spiro atoms. The molecular weight excluding hydrogens is 218 g/mol. The van der Waals surface area contributed by atoms with E-state index < -0.39 is 5.60 Å². The lowest BCUT2D eigenvalue weighted by molar-refractivity contribution is -0.122. The highest BCUT2D eigenvalue weighted by Gasteiger charge is 2.23. The second-order valence-electron chi connectivity index (χ2n) is 4.87. The highest BCUT2D eigenvalue weighted by Crippen LogP contribution is 2.03. The van der Waals surface area contributed by atoms with Gasteiger partial charge in [-0.1, -0.05) is 6.08 Å². The van der Waals surface area contributed by atoms with Gasteiger partial charge in [0.1, 0.15) is 0 Å². The fourth-order valence-corrected chi connectivity index (χ4v) is 1.53. The van der Waals surface area contributed by atoms with E-state index in [-0.39, 0.29) is 11.9 Å². The van der Waals surface area contributed by atoms with E-state index in [1.165, 1.54) is 0 Å². The Morgan fingerprint density at radius 2 is 2.18 bits per heavy atom. The van der Waals surface area contributed by atoms with Crippen molar-refractivity contribution in [1.82, 2.24) is 15.5 Å². The van der Waals surface area contributed by atoms with Crippen LogP contribution in [-0.4, -0.2) is 61.3 Å². The van der Waals surface area contributed by atoms with Gasteiger partial charge in [-0.2, -0.15) is 0 Å². The first-order valence-electron chi connectivity index (χ1n) is 5.77. The van der Waals surface area contributed by atoms with E-state index in [1.807, 2.05) is 19.0 Å². The van der Waals surface area contributed by atoms with Crippen LogP contribution in [0.3, 0.4) is 0 Å². The Kier molecular flexibility index (Phi) is 7.03. The summed E-state index contributed by atoms with van der Waals surface area (Å²) in [6, 6.07) is -0.330. The van der Waals surface area contributed by atoms with Crippen molar-refractivity contribution in [2.24, 2.45) is 0 Å². The van der Waals surface area contributed by atoms with Gasteiger partial charge < -0.3 is 20.6 Å². The zero-order valence-corrected chi connectivity index (χ0v) is 11.3. The normalized spacial score (nSPS) is 16.4. The zero-order valence-electron chi connectivity index (χ0n) is 11.3. The van der Waals surface area contributed by atoms with Gasteiger partial charge in [0.25, 0.3) is 0 Å². The minimum Gasteiger partial charge on any atom is -0.388 e. The maximum Gasteiger partial charge on any atom is 0.237 e. The lowest BCUT2D eigenvalue weighted by atomic mass is 10.1. The molecule has 0 saturated carbocycles. The first-order chi connectivity index (χ1) is 7.78. The molecule has 5 nitrogen and oxygen atoms in total. The van der Waals surface area contributed by atoms with E-state index in [1.54, 1.807) is 19.9 Å². The molecule has 2 atom stereocenters. The Morgan fingerprint density at radius 3 is 2.65 bits per heavy atom. The fourth-order valence-electron chi connectivity index (χ4n) is 1.53. The van der Waals surface area contributed by atoms with Crippen LogP contribution in [0.25, 0.3) is 0 Å². The number of hydrogen-bond acceptors (Lipinski definition) is 4. The van der Waals surface area contributed by atoms with E-state index in [2.05, 4.69) is 17.2 Å². The molecule has 0 aromatic carbocycles. The molecule has 0 aliphatic rings. The van der Waals surface area contributed by atoms with Crippen LogP contribution in [0, 0.1) is 0 Å². The molecule has 0 rings (SSSR count). The molecule has 2 unspecified atom stereocenters. The predicted molar refractivity (Wildman–Crippen MR) is 69.8 cm³/mol. The second-order valence-corrected chi connectivity index (χ2v) is 4.87. The Labute approximate surface area is 104 Å². The molecule has 0 bridgehead atoms. The molecular formula is C12H25N3O2. The Bertz CT molecular complexity index is 252. The van der Waals surface area contributed by atoms with Gasteiger partial charge in [-0.05, 0) is 27.9 Å². The van der Waals surface area contributed by atoms with Crippen molar-refractivity contribution in [3.8, 4) is 0 Å². The monoisotopic (exact) mass is 243 g/mol. The van der Waals surface area contributed by atoms with Crippen molar-refractivity contribution in [1.29, 1.82) is 0 Å². The first kappa shape index (κ1) is 16.1. The summed E-state index contributed by atoms with van der Waals surface area (Å²) < 4.78 is 0. The zero-order chi connectivity index (χ0) is 13.5. The third kappa shape index (κ3) is 7.90. The summed E-state index contributed by atoms with van der Waals surface area (Å²) in [7, 11) is 3.80. The van der Waals surface area contributed by atoms with Crippen molar-refractivity contribution < 1.29 is 9.90 Å².